The maximum atomic E-state index is 12.1. The molecule has 0 bridgehead atoms. The first-order valence-electron chi connectivity index (χ1n) is 11.1. The number of halogens is 2. The molecule has 7 nitrogen and oxygen atoms in total. The van der Waals surface area contributed by atoms with E-state index in [9.17, 15) is 14.4 Å². The van der Waals surface area contributed by atoms with Crippen LogP contribution in [-0.2, 0) is 9.59 Å². The summed E-state index contributed by atoms with van der Waals surface area (Å²) in [6.45, 7) is 0.662. The number of amides is 4. The minimum Gasteiger partial charge on any atom is -0.356 e. The zero-order chi connectivity index (χ0) is 22.9. The number of nitrogens with one attached hydrogen (secondary N) is 4. The molecule has 4 N–H and O–H groups in total. The molecule has 0 aliphatic carbocycles. The van der Waals surface area contributed by atoms with Crippen LogP contribution in [0, 0.1) is 7.14 Å². The summed E-state index contributed by atoms with van der Waals surface area (Å²) in [5.74, 6) is 1.11. The van der Waals surface area contributed by atoms with E-state index in [1.54, 1.807) is 0 Å². The number of fused-ring (bicyclic) bond motifs is 1. The van der Waals surface area contributed by atoms with E-state index in [-0.39, 0.29) is 29.9 Å². The number of hydrogen-bond donors (Lipinski definition) is 4. The molecule has 2 aliphatic rings. The minimum absolute atomic E-state index is 0.0338. The van der Waals surface area contributed by atoms with Gasteiger partial charge < -0.3 is 21.3 Å². The minimum atomic E-state index is -0.0499. The lowest BCUT2D eigenvalue weighted by molar-refractivity contribution is -0.121. The normalized spacial score (nSPS) is 21.6. The summed E-state index contributed by atoms with van der Waals surface area (Å²) in [7, 11) is 0. The summed E-state index contributed by atoms with van der Waals surface area (Å²) in [5, 5.41) is 12.3. The van der Waals surface area contributed by atoms with E-state index in [1.807, 2.05) is 23.9 Å². The molecule has 2 aliphatic heterocycles. The summed E-state index contributed by atoms with van der Waals surface area (Å²) in [4.78, 5) is 35.5. The van der Waals surface area contributed by atoms with Crippen molar-refractivity contribution < 1.29 is 14.4 Å². The third-order valence-electron chi connectivity index (χ3n) is 5.63. The van der Waals surface area contributed by atoms with Crippen LogP contribution in [0.4, 0.5) is 10.5 Å². The topological polar surface area (TPSA) is 99.3 Å². The van der Waals surface area contributed by atoms with Crippen molar-refractivity contribution in [2.75, 3.05) is 17.6 Å². The van der Waals surface area contributed by atoms with Crippen LogP contribution in [0.25, 0.3) is 0 Å². The van der Waals surface area contributed by atoms with Crippen LogP contribution in [0.1, 0.15) is 51.4 Å². The lowest BCUT2D eigenvalue weighted by Gasteiger charge is -2.16. The van der Waals surface area contributed by atoms with Crippen molar-refractivity contribution in [2.24, 2.45) is 0 Å². The number of carbonyl (C=O) groups excluding carboxylic acids is 3. The van der Waals surface area contributed by atoms with Crippen molar-refractivity contribution in [3.05, 3.63) is 25.3 Å². The van der Waals surface area contributed by atoms with Gasteiger partial charge in [0.2, 0.25) is 11.8 Å². The maximum absolute atomic E-state index is 12.1. The Morgan fingerprint density at radius 3 is 2.47 bits per heavy atom. The molecule has 1 unspecified atom stereocenters. The van der Waals surface area contributed by atoms with E-state index in [2.05, 4.69) is 72.5 Å². The Balaban J connectivity index is 1.16. The molecule has 2 heterocycles. The smallest absolute Gasteiger partial charge is 0.315 e. The fraction of sp³-hybridized carbons (Fsp3) is 0.591. The van der Waals surface area contributed by atoms with Gasteiger partial charge in [-0.05, 0) is 89.1 Å². The largest absolute Gasteiger partial charge is 0.356 e. The van der Waals surface area contributed by atoms with Gasteiger partial charge in [-0.15, -0.1) is 0 Å². The molecule has 3 rings (SSSR count). The molecular formula is C22H30I2N4O3S. The van der Waals surface area contributed by atoms with E-state index in [1.165, 1.54) is 0 Å². The second-order valence-corrected chi connectivity index (χ2v) is 12.0. The molecule has 4 amide bonds. The molecule has 2 saturated heterocycles. The number of rotatable bonds is 12. The number of urea groups is 1. The maximum Gasteiger partial charge on any atom is 0.315 e. The van der Waals surface area contributed by atoms with Gasteiger partial charge >= 0.3 is 6.03 Å². The van der Waals surface area contributed by atoms with Gasteiger partial charge in [-0.3, -0.25) is 9.59 Å². The predicted molar refractivity (Wildman–Crippen MR) is 146 cm³/mol. The summed E-state index contributed by atoms with van der Waals surface area (Å²) in [5.41, 5.74) is 0.842. The quantitative estimate of drug-likeness (QED) is 0.151. The van der Waals surface area contributed by atoms with Crippen molar-refractivity contribution in [1.29, 1.82) is 0 Å². The first-order chi connectivity index (χ1) is 15.4. The molecule has 0 radical (unpaired) electrons. The van der Waals surface area contributed by atoms with E-state index in [0.717, 1.165) is 57.1 Å². The van der Waals surface area contributed by atoms with Crippen LogP contribution in [0.15, 0.2) is 18.2 Å². The van der Waals surface area contributed by atoms with Crippen LogP contribution < -0.4 is 21.3 Å². The molecule has 3 atom stereocenters. The fourth-order valence-electron chi connectivity index (χ4n) is 4.03. The Labute approximate surface area is 221 Å². The highest BCUT2D eigenvalue weighted by Crippen LogP contribution is 2.33. The second-order valence-electron chi connectivity index (χ2n) is 8.23. The highest BCUT2D eigenvalue weighted by molar-refractivity contribution is 14.1. The van der Waals surface area contributed by atoms with Gasteiger partial charge in [0.1, 0.15) is 0 Å². The number of thioether (sulfide) groups is 1. The number of anilines is 1. The van der Waals surface area contributed by atoms with Gasteiger partial charge in [0.05, 0.1) is 12.1 Å². The third kappa shape index (κ3) is 8.54. The SMILES string of the molecule is O=C(CCCCC1SC[C@@H]2NC(=O)N[C@H]12)NCCCCCC(=O)Nc1cc(I)cc(I)c1. The van der Waals surface area contributed by atoms with Crippen LogP contribution in [0.3, 0.4) is 0 Å². The zero-order valence-corrected chi connectivity index (χ0v) is 23.1. The monoisotopic (exact) mass is 684 g/mol. The van der Waals surface area contributed by atoms with Gasteiger partial charge in [-0.25, -0.2) is 4.79 Å². The van der Waals surface area contributed by atoms with Gasteiger partial charge in [0.25, 0.3) is 0 Å². The van der Waals surface area contributed by atoms with Gasteiger partial charge in [-0.1, -0.05) is 12.8 Å². The van der Waals surface area contributed by atoms with E-state index in [0.29, 0.717) is 24.6 Å². The standard InChI is InChI=1S/C22H30I2N4O3S/c23-14-10-15(24)12-16(11-14)26-20(30)8-2-1-5-9-25-19(29)7-4-3-6-18-21-17(13-32-18)27-22(31)28-21/h10-12,17-18,21H,1-9,13H2,(H,25,29)(H,26,30)(H2,27,28,31)/t17-,18?,21-/m0/s1. The van der Waals surface area contributed by atoms with E-state index in [4.69, 9.17) is 0 Å². The Kier molecular flexibility index (Phi) is 10.7. The highest BCUT2D eigenvalue weighted by atomic mass is 127. The molecular weight excluding hydrogens is 654 g/mol. The average Bonchev–Trinajstić information content (AvgIpc) is 3.26. The lowest BCUT2D eigenvalue weighted by atomic mass is 10.0. The lowest BCUT2D eigenvalue weighted by Crippen LogP contribution is -2.36. The van der Waals surface area contributed by atoms with Crippen LogP contribution >= 0.6 is 56.9 Å². The molecule has 0 aromatic heterocycles. The van der Waals surface area contributed by atoms with Gasteiger partial charge in [0, 0.05) is 43.2 Å². The van der Waals surface area contributed by atoms with Crippen molar-refractivity contribution in [3.63, 3.8) is 0 Å². The first kappa shape index (κ1) is 25.9. The number of hydrogen-bond acceptors (Lipinski definition) is 4. The first-order valence-corrected chi connectivity index (χ1v) is 14.3. The number of unbranched alkanes of at least 4 members (excludes halogenated alkanes) is 3. The van der Waals surface area contributed by atoms with E-state index >= 15 is 0 Å². The van der Waals surface area contributed by atoms with Crippen molar-refractivity contribution in [2.45, 2.75) is 68.7 Å². The Bertz CT molecular complexity index is 806. The number of benzene rings is 1. The molecule has 32 heavy (non-hydrogen) atoms. The molecule has 176 valence electrons. The van der Waals surface area contributed by atoms with Crippen LogP contribution in [-0.4, -0.2) is 47.5 Å². The molecule has 2 fully saturated rings. The van der Waals surface area contributed by atoms with Crippen LogP contribution in [0.2, 0.25) is 0 Å². The Hall–Kier alpha value is -0.760. The van der Waals surface area contributed by atoms with Gasteiger partial charge in [0.15, 0.2) is 0 Å². The Morgan fingerprint density at radius 1 is 0.969 bits per heavy atom. The van der Waals surface area contributed by atoms with E-state index < -0.39 is 0 Å². The predicted octanol–water partition coefficient (Wildman–Crippen LogP) is 4.24. The summed E-state index contributed by atoms with van der Waals surface area (Å²) in [6.07, 6.45) is 6.56. The molecule has 1 aromatic carbocycles. The molecule has 0 saturated carbocycles. The molecule has 1 aromatic rings. The highest BCUT2D eigenvalue weighted by Gasteiger charge is 2.42. The van der Waals surface area contributed by atoms with Crippen LogP contribution in [0.5, 0.6) is 0 Å². The average molecular weight is 684 g/mol. The van der Waals surface area contributed by atoms with Crippen molar-refractivity contribution >= 4 is 80.5 Å². The van der Waals surface area contributed by atoms with Crippen molar-refractivity contribution in [1.82, 2.24) is 16.0 Å². The third-order valence-corrected chi connectivity index (χ3v) is 8.38. The second kappa shape index (κ2) is 13.2. The summed E-state index contributed by atoms with van der Waals surface area (Å²) in [6, 6.07) is 6.43. The molecule has 0 spiro atoms. The van der Waals surface area contributed by atoms with Gasteiger partial charge in [-0.2, -0.15) is 11.8 Å². The fourth-order valence-corrected chi connectivity index (χ4v) is 7.51. The summed E-state index contributed by atoms with van der Waals surface area (Å²) < 4.78 is 2.21. The number of carbonyl (C=O) groups is 3. The Morgan fingerprint density at radius 2 is 1.69 bits per heavy atom. The van der Waals surface area contributed by atoms with Crippen molar-refractivity contribution in [3.8, 4) is 0 Å². The molecule has 10 heteroatoms. The zero-order valence-electron chi connectivity index (χ0n) is 17.9. The summed E-state index contributed by atoms with van der Waals surface area (Å²) >= 11 is 6.40.